The van der Waals surface area contributed by atoms with E-state index in [-0.39, 0.29) is 17.1 Å². The van der Waals surface area contributed by atoms with Crippen molar-refractivity contribution in [2.75, 3.05) is 6.54 Å². The summed E-state index contributed by atoms with van der Waals surface area (Å²) in [5, 5.41) is 15.2. The molecule has 0 bridgehead atoms. The van der Waals surface area contributed by atoms with Gasteiger partial charge >= 0.3 is 0 Å². The van der Waals surface area contributed by atoms with Gasteiger partial charge in [-0.15, -0.1) is 0 Å². The van der Waals surface area contributed by atoms with Crippen LogP contribution in [-0.2, 0) is 14.8 Å². The Labute approximate surface area is 200 Å². The number of benzene rings is 2. The van der Waals surface area contributed by atoms with Crippen molar-refractivity contribution < 1.29 is 22.6 Å². The summed E-state index contributed by atoms with van der Waals surface area (Å²) in [5.74, 6) is 0.142. The lowest BCUT2D eigenvalue weighted by Crippen LogP contribution is -2.44. The van der Waals surface area contributed by atoms with Gasteiger partial charge in [0.25, 0.3) is 11.6 Å². The molecule has 1 fully saturated rings. The van der Waals surface area contributed by atoms with Gasteiger partial charge in [-0.25, -0.2) is 13.8 Å². The summed E-state index contributed by atoms with van der Waals surface area (Å²) >= 11 is 5.84. The zero-order chi connectivity index (χ0) is 24.3. The summed E-state index contributed by atoms with van der Waals surface area (Å²) in [4.78, 5) is 23.2. The third-order valence-corrected chi connectivity index (χ3v) is 7.44. The number of hydrazone groups is 1. The molecule has 12 heteroatoms. The lowest BCUT2D eigenvalue weighted by atomic mass is 10.1. The first-order valence-corrected chi connectivity index (χ1v) is 12.0. The van der Waals surface area contributed by atoms with Crippen molar-refractivity contribution in [1.29, 1.82) is 0 Å². The summed E-state index contributed by atoms with van der Waals surface area (Å²) in [7, 11) is -3.87. The number of hydrogen-bond donors (Lipinski definition) is 1. The third-order valence-electron chi connectivity index (χ3n) is 5.26. The fourth-order valence-electron chi connectivity index (χ4n) is 3.62. The van der Waals surface area contributed by atoms with Crippen LogP contribution in [0.25, 0.3) is 11.3 Å². The predicted octanol–water partition coefficient (Wildman–Crippen LogP) is 3.81. The monoisotopic (exact) mass is 502 g/mol. The first-order valence-electron chi connectivity index (χ1n) is 10.2. The molecule has 1 aromatic heterocycles. The van der Waals surface area contributed by atoms with Gasteiger partial charge in [0.1, 0.15) is 17.6 Å². The molecular weight excluding hydrogens is 484 g/mol. The van der Waals surface area contributed by atoms with Crippen molar-refractivity contribution in [2.45, 2.75) is 23.8 Å². The van der Waals surface area contributed by atoms with E-state index in [9.17, 15) is 23.3 Å². The molecule has 1 aliphatic rings. The minimum absolute atomic E-state index is 0.0596. The highest BCUT2D eigenvalue weighted by Gasteiger charge is 2.39. The number of hydrogen-bond acceptors (Lipinski definition) is 7. The summed E-state index contributed by atoms with van der Waals surface area (Å²) in [6.07, 6.45) is 2.18. The van der Waals surface area contributed by atoms with E-state index in [1.165, 1.54) is 42.6 Å². The number of nitrogens with zero attached hydrogens (tertiary/aromatic N) is 3. The van der Waals surface area contributed by atoms with Crippen LogP contribution >= 0.6 is 11.6 Å². The fourth-order valence-corrected chi connectivity index (χ4v) is 5.40. The summed E-state index contributed by atoms with van der Waals surface area (Å²) < 4.78 is 32.7. The molecule has 0 saturated carbocycles. The van der Waals surface area contributed by atoms with E-state index in [0.717, 1.165) is 4.31 Å². The van der Waals surface area contributed by atoms with E-state index in [2.05, 4.69) is 10.5 Å². The van der Waals surface area contributed by atoms with Crippen LogP contribution in [0.3, 0.4) is 0 Å². The third kappa shape index (κ3) is 5.01. The Balaban J connectivity index is 1.42. The smallest absolute Gasteiger partial charge is 0.270 e. The molecule has 176 valence electrons. The van der Waals surface area contributed by atoms with Crippen LogP contribution in [0.2, 0.25) is 5.02 Å². The van der Waals surface area contributed by atoms with Crippen LogP contribution in [0.15, 0.2) is 75.1 Å². The maximum atomic E-state index is 13.0. The van der Waals surface area contributed by atoms with E-state index >= 15 is 0 Å². The molecule has 1 N–H and O–H groups in total. The maximum absolute atomic E-state index is 13.0. The number of furan rings is 1. The zero-order valence-electron chi connectivity index (χ0n) is 17.6. The Morgan fingerprint density at radius 3 is 2.71 bits per heavy atom. The number of rotatable bonds is 7. The molecule has 34 heavy (non-hydrogen) atoms. The van der Waals surface area contributed by atoms with E-state index in [1.54, 1.807) is 24.3 Å². The Morgan fingerprint density at radius 1 is 1.21 bits per heavy atom. The Morgan fingerprint density at radius 2 is 1.97 bits per heavy atom. The molecule has 0 unspecified atom stereocenters. The van der Waals surface area contributed by atoms with Crippen molar-refractivity contribution in [3.05, 3.63) is 81.6 Å². The SMILES string of the molecule is O=C(N/N=C\c1ccc(-c2cccc([N+](=O)[O-])c2)o1)[C@H]1CCCN1S(=O)(=O)c1ccc(Cl)cc1. The summed E-state index contributed by atoms with van der Waals surface area (Å²) in [6.45, 7) is 0.220. The average Bonchev–Trinajstić information content (AvgIpc) is 3.50. The summed E-state index contributed by atoms with van der Waals surface area (Å²) in [5.41, 5.74) is 2.82. The van der Waals surface area contributed by atoms with Gasteiger partial charge in [0.15, 0.2) is 0 Å². The van der Waals surface area contributed by atoms with Crippen LogP contribution in [0.5, 0.6) is 0 Å². The van der Waals surface area contributed by atoms with Crippen molar-refractivity contribution >= 4 is 39.4 Å². The number of nitrogens with one attached hydrogen (secondary N) is 1. The molecule has 0 radical (unpaired) electrons. The van der Waals surface area contributed by atoms with Gasteiger partial charge < -0.3 is 4.42 Å². The number of halogens is 1. The standard InChI is InChI=1S/C22H19ClN4O6S/c23-16-6-9-19(10-7-16)34(31,32)26-12-2-5-20(26)22(28)25-24-14-18-8-11-21(33-18)15-3-1-4-17(13-15)27(29)30/h1,3-4,6-11,13-14,20H,2,5,12H2,(H,25,28)/b24-14-/t20-/m1/s1. The second-order valence-corrected chi connectivity index (χ2v) is 9.80. The van der Waals surface area contributed by atoms with Gasteiger partial charge in [-0.3, -0.25) is 14.9 Å². The number of nitro groups is 1. The van der Waals surface area contributed by atoms with E-state index in [4.69, 9.17) is 16.0 Å². The molecule has 3 aromatic rings. The predicted molar refractivity (Wildman–Crippen MR) is 125 cm³/mol. The van der Waals surface area contributed by atoms with Crippen molar-refractivity contribution in [3.63, 3.8) is 0 Å². The first-order chi connectivity index (χ1) is 16.3. The first kappa shape index (κ1) is 23.6. The van der Waals surface area contributed by atoms with Gasteiger partial charge in [-0.2, -0.15) is 9.41 Å². The van der Waals surface area contributed by atoms with E-state index < -0.39 is 26.9 Å². The van der Waals surface area contributed by atoms with Crippen molar-refractivity contribution in [3.8, 4) is 11.3 Å². The molecule has 0 spiro atoms. The van der Waals surface area contributed by atoms with Crippen LogP contribution in [0.1, 0.15) is 18.6 Å². The average molecular weight is 503 g/mol. The molecule has 10 nitrogen and oxygen atoms in total. The minimum Gasteiger partial charge on any atom is -0.455 e. The van der Waals surface area contributed by atoms with Crippen LogP contribution in [0.4, 0.5) is 5.69 Å². The number of nitro benzene ring substituents is 1. The van der Waals surface area contributed by atoms with E-state index in [0.29, 0.717) is 34.9 Å². The van der Waals surface area contributed by atoms with Gasteiger partial charge in [0, 0.05) is 29.3 Å². The largest absolute Gasteiger partial charge is 0.455 e. The van der Waals surface area contributed by atoms with Gasteiger partial charge in [-0.1, -0.05) is 23.7 Å². The highest BCUT2D eigenvalue weighted by molar-refractivity contribution is 7.89. The number of carbonyl (C=O) groups excluding carboxylic acids is 1. The molecule has 1 aliphatic heterocycles. The molecule has 1 atom stereocenters. The molecule has 0 aliphatic carbocycles. The number of non-ortho nitro benzene ring substituents is 1. The molecule has 2 heterocycles. The van der Waals surface area contributed by atoms with Crippen LogP contribution < -0.4 is 5.43 Å². The summed E-state index contributed by atoms with van der Waals surface area (Å²) in [6, 6.07) is 14.1. The zero-order valence-corrected chi connectivity index (χ0v) is 19.2. The topological polar surface area (TPSA) is 135 Å². The van der Waals surface area contributed by atoms with Crippen molar-refractivity contribution in [2.24, 2.45) is 5.10 Å². The Kier molecular flexibility index (Phi) is 6.77. The highest BCUT2D eigenvalue weighted by atomic mass is 35.5. The highest BCUT2D eigenvalue weighted by Crippen LogP contribution is 2.27. The molecular formula is C22H19ClN4O6S. The molecule has 1 amide bonds. The van der Waals surface area contributed by atoms with Crippen molar-refractivity contribution in [1.82, 2.24) is 9.73 Å². The number of carbonyl (C=O) groups is 1. The normalized spacial score (nSPS) is 16.7. The quantitative estimate of drug-likeness (QED) is 0.296. The minimum atomic E-state index is -3.87. The number of amides is 1. The molecule has 4 rings (SSSR count). The second kappa shape index (κ2) is 9.75. The lowest BCUT2D eigenvalue weighted by molar-refractivity contribution is -0.384. The second-order valence-electron chi connectivity index (χ2n) is 7.47. The molecule has 1 saturated heterocycles. The van der Waals surface area contributed by atoms with Gasteiger partial charge in [0.05, 0.1) is 16.0 Å². The number of sulfonamides is 1. The van der Waals surface area contributed by atoms with Gasteiger partial charge in [-0.05, 0) is 49.2 Å². The van der Waals surface area contributed by atoms with Crippen LogP contribution in [-0.4, -0.2) is 42.4 Å². The van der Waals surface area contributed by atoms with Crippen LogP contribution in [0, 0.1) is 10.1 Å². The Hall–Kier alpha value is -3.54. The van der Waals surface area contributed by atoms with Gasteiger partial charge in [0.2, 0.25) is 10.0 Å². The fraction of sp³-hybridized carbons (Fsp3) is 0.182. The Bertz CT molecular complexity index is 1350. The molecule has 2 aromatic carbocycles. The maximum Gasteiger partial charge on any atom is 0.270 e. The lowest BCUT2D eigenvalue weighted by Gasteiger charge is -2.22. The van der Waals surface area contributed by atoms with E-state index in [1.807, 2.05) is 0 Å².